The Labute approximate surface area is 154 Å². The van der Waals surface area contributed by atoms with E-state index in [1.165, 1.54) is 5.56 Å². The summed E-state index contributed by atoms with van der Waals surface area (Å²) in [5.74, 6) is 1.71. The molecule has 132 valence electrons. The van der Waals surface area contributed by atoms with Gasteiger partial charge in [0.25, 0.3) is 0 Å². The molecular weight excluding hydrogens is 322 g/mol. The van der Waals surface area contributed by atoms with Crippen LogP contribution in [0.4, 0.5) is 5.69 Å². The topological polar surface area (TPSA) is 30.8 Å². The van der Waals surface area contributed by atoms with Gasteiger partial charge in [-0.2, -0.15) is 0 Å². The molecule has 3 nitrogen and oxygen atoms in total. The van der Waals surface area contributed by atoms with Gasteiger partial charge in [-0.05, 0) is 73.5 Å². The van der Waals surface area contributed by atoms with Crippen molar-refractivity contribution in [3.05, 3.63) is 89.5 Å². The molecule has 3 heteroatoms. The van der Waals surface area contributed by atoms with Gasteiger partial charge in [0.05, 0.1) is 12.3 Å². The second kappa shape index (κ2) is 8.86. The zero-order valence-electron chi connectivity index (χ0n) is 15.2. The van der Waals surface area contributed by atoms with E-state index in [1.807, 2.05) is 61.7 Å². The molecule has 0 aliphatic rings. The summed E-state index contributed by atoms with van der Waals surface area (Å²) in [5, 5.41) is 0. The van der Waals surface area contributed by atoms with Crippen LogP contribution in [-0.2, 0) is 6.61 Å². The molecule has 0 spiro atoms. The maximum Gasteiger partial charge on any atom is 0.119 e. The van der Waals surface area contributed by atoms with Crippen LogP contribution < -0.4 is 9.47 Å². The molecule has 0 aromatic heterocycles. The van der Waals surface area contributed by atoms with Crippen LogP contribution in [0.25, 0.3) is 0 Å². The lowest BCUT2D eigenvalue weighted by atomic mass is 10.2. The SMILES string of the molecule is CCOc1ccc(N=Cc2ccc(OCc3ccc(C)cc3)cc2)cc1. The Morgan fingerprint density at radius 2 is 1.38 bits per heavy atom. The number of benzene rings is 3. The molecule has 0 N–H and O–H groups in total. The molecule has 0 aliphatic carbocycles. The molecule has 26 heavy (non-hydrogen) atoms. The van der Waals surface area contributed by atoms with E-state index < -0.39 is 0 Å². The third kappa shape index (κ3) is 5.21. The van der Waals surface area contributed by atoms with Gasteiger partial charge in [0, 0.05) is 6.21 Å². The van der Waals surface area contributed by atoms with Crippen LogP contribution in [0.5, 0.6) is 11.5 Å². The van der Waals surface area contributed by atoms with Crippen molar-refractivity contribution in [2.45, 2.75) is 20.5 Å². The van der Waals surface area contributed by atoms with Gasteiger partial charge in [0.1, 0.15) is 18.1 Å². The molecule has 0 heterocycles. The molecule has 0 saturated carbocycles. The number of hydrogen-bond donors (Lipinski definition) is 0. The van der Waals surface area contributed by atoms with Crippen molar-refractivity contribution < 1.29 is 9.47 Å². The maximum absolute atomic E-state index is 5.83. The summed E-state index contributed by atoms with van der Waals surface area (Å²) in [7, 11) is 0. The van der Waals surface area contributed by atoms with Crippen LogP contribution in [0.3, 0.4) is 0 Å². The molecule has 3 aromatic rings. The summed E-state index contributed by atoms with van der Waals surface area (Å²) < 4.78 is 11.3. The first-order valence-corrected chi connectivity index (χ1v) is 8.78. The zero-order valence-corrected chi connectivity index (χ0v) is 15.2. The standard InChI is InChI=1S/C23H23NO2/c1-3-25-22-14-10-21(11-15-22)24-16-19-8-12-23(13-9-19)26-17-20-6-4-18(2)5-7-20/h4-16H,3,17H2,1-2H3. The van der Waals surface area contributed by atoms with Gasteiger partial charge >= 0.3 is 0 Å². The van der Waals surface area contributed by atoms with Crippen molar-refractivity contribution in [3.8, 4) is 11.5 Å². The minimum absolute atomic E-state index is 0.569. The highest BCUT2D eigenvalue weighted by molar-refractivity contribution is 5.82. The summed E-state index contributed by atoms with van der Waals surface area (Å²) in [6.45, 7) is 5.29. The summed E-state index contributed by atoms with van der Waals surface area (Å²) in [4.78, 5) is 4.49. The first-order chi connectivity index (χ1) is 12.7. The van der Waals surface area contributed by atoms with E-state index in [2.05, 4.69) is 36.2 Å². The fourth-order valence-electron chi connectivity index (χ4n) is 2.45. The third-order valence-electron chi connectivity index (χ3n) is 3.92. The van der Waals surface area contributed by atoms with Gasteiger partial charge in [0.2, 0.25) is 0 Å². The molecule has 0 aliphatic heterocycles. The largest absolute Gasteiger partial charge is 0.494 e. The molecule has 3 aromatic carbocycles. The first kappa shape index (κ1) is 17.7. The molecule has 0 radical (unpaired) electrons. The van der Waals surface area contributed by atoms with Crippen LogP contribution in [0.2, 0.25) is 0 Å². The minimum Gasteiger partial charge on any atom is -0.494 e. The van der Waals surface area contributed by atoms with Crippen molar-refractivity contribution in [1.82, 2.24) is 0 Å². The number of aryl methyl sites for hydroxylation is 1. The van der Waals surface area contributed by atoms with Gasteiger partial charge < -0.3 is 9.47 Å². The fourth-order valence-corrected chi connectivity index (χ4v) is 2.45. The summed E-state index contributed by atoms with van der Waals surface area (Å²) >= 11 is 0. The summed E-state index contributed by atoms with van der Waals surface area (Å²) in [6.07, 6.45) is 1.85. The second-order valence-corrected chi connectivity index (χ2v) is 6.03. The Morgan fingerprint density at radius 1 is 0.769 bits per heavy atom. The minimum atomic E-state index is 0.569. The molecule has 3 rings (SSSR count). The predicted molar refractivity (Wildman–Crippen MR) is 107 cm³/mol. The van der Waals surface area contributed by atoms with Crippen LogP contribution >= 0.6 is 0 Å². The molecule has 0 bridgehead atoms. The lowest BCUT2D eigenvalue weighted by molar-refractivity contribution is 0.306. The Bertz CT molecular complexity index is 835. The Kier molecular flexibility index (Phi) is 6.05. The van der Waals surface area contributed by atoms with Gasteiger partial charge in [-0.1, -0.05) is 29.8 Å². The zero-order chi connectivity index (χ0) is 18.2. The van der Waals surface area contributed by atoms with E-state index in [-0.39, 0.29) is 0 Å². The van der Waals surface area contributed by atoms with E-state index in [1.54, 1.807) is 0 Å². The van der Waals surface area contributed by atoms with E-state index in [0.717, 1.165) is 28.3 Å². The van der Waals surface area contributed by atoms with E-state index >= 15 is 0 Å². The molecular formula is C23H23NO2. The maximum atomic E-state index is 5.83. The highest BCUT2D eigenvalue weighted by atomic mass is 16.5. The van der Waals surface area contributed by atoms with Crippen molar-refractivity contribution in [2.75, 3.05) is 6.61 Å². The molecule has 0 fully saturated rings. The van der Waals surface area contributed by atoms with Crippen molar-refractivity contribution in [1.29, 1.82) is 0 Å². The summed E-state index contributed by atoms with van der Waals surface area (Å²) in [5.41, 5.74) is 4.34. The van der Waals surface area contributed by atoms with Crippen LogP contribution in [0, 0.1) is 6.92 Å². The van der Waals surface area contributed by atoms with Crippen molar-refractivity contribution in [2.24, 2.45) is 4.99 Å². The van der Waals surface area contributed by atoms with Gasteiger partial charge in [-0.3, -0.25) is 4.99 Å². The number of nitrogens with zero attached hydrogens (tertiary/aromatic N) is 1. The number of rotatable bonds is 7. The van der Waals surface area contributed by atoms with Crippen LogP contribution in [0.1, 0.15) is 23.6 Å². The van der Waals surface area contributed by atoms with Gasteiger partial charge in [0.15, 0.2) is 0 Å². The Balaban J connectivity index is 1.55. The molecule has 0 atom stereocenters. The van der Waals surface area contributed by atoms with Crippen molar-refractivity contribution >= 4 is 11.9 Å². The van der Waals surface area contributed by atoms with Crippen LogP contribution in [-0.4, -0.2) is 12.8 Å². The predicted octanol–water partition coefficient (Wildman–Crippen LogP) is 5.72. The lowest BCUT2D eigenvalue weighted by Gasteiger charge is -2.07. The lowest BCUT2D eigenvalue weighted by Crippen LogP contribution is -1.95. The normalized spacial score (nSPS) is 10.8. The van der Waals surface area contributed by atoms with Gasteiger partial charge in [-0.15, -0.1) is 0 Å². The van der Waals surface area contributed by atoms with E-state index in [4.69, 9.17) is 9.47 Å². The van der Waals surface area contributed by atoms with Gasteiger partial charge in [-0.25, -0.2) is 0 Å². The third-order valence-corrected chi connectivity index (χ3v) is 3.92. The number of hydrogen-bond acceptors (Lipinski definition) is 3. The monoisotopic (exact) mass is 345 g/mol. The summed E-state index contributed by atoms with van der Waals surface area (Å²) in [6, 6.07) is 24.1. The quantitative estimate of drug-likeness (QED) is 0.513. The smallest absolute Gasteiger partial charge is 0.119 e. The van der Waals surface area contributed by atoms with E-state index in [9.17, 15) is 0 Å². The molecule has 0 amide bonds. The van der Waals surface area contributed by atoms with E-state index in [0.29, 0.717) is 13.2 Å². The highest BCUT2D eigenvalue weighted by Gasteiger charge is 1.97. The van der Waals surface area contributed by atoms with Crippen molar-refractivity contribution in [3.63, 3.8) is 0 Å². The highest BCUT2D eigenvalue weighted by Crippen LogP contribution is 2.19. The molecule has 0 saturated heterocycles. The van der Waals surface area contributed by atoms with Crippen LogP contribution in [0.15, 0.2) is 77.8 Å². The average Bonchev–Trinajstić information content (AvgIpc) is 2.68. The number of ether oxygens (including phenoxy) is 2. The second-order valence-electron chi connectivity index (χ2n) is 6.03. The fraction of sp³-hybridized carbons (Fsp3) is 0.174. The Morgan fingerprint density at radius 3 is 2.04 bits per heavy atom. The average molecular weight is 345 g/mol. The Hall–Kier alpha value is -3.07. The molecule has 0 unspecified atom stereocenters. The first-order valence-electron chi connectivity index (χ1n) is 8.78. The number of aliphatic imine (C=N–C) groups is 1.